The highest BCUT2D eigenvalue weighted by atomic mass is 35.5. The van der Waals surface area contributed by atoms with Crippen molar-refractivity contribution in [1.29, 1.82) is 0 Å². The number of benzene rings is 1. The van der Waals surface area contributed by atoms with Crippen LogP contribution in [0.5, 0.6) is 0 Å². The lowest BCUT2D eigenvalue weighted by Crippen LogP contribution is -2.40. The molecule has 4 rings (SSSR count). The quantitative estimate of drug-likeness (QED) is 0.614. The second-order valence-electron chi connectivity index (χ2n) is 6.00. The lowest BCUT2D eigenvalue weighted by atomic mass is 10.2. The summed E-state index contributed by atoms with van der Waals surface area (Å²) >= 11 is 8.90. The van der Waals surface area contributed by atoms with Crippen molar-refractivity contribution in [2.45, 2.75) is 4.90 Å². The third-order valence-electron chi connectivity index (χ3n) is 4.17. The van der Waals surface area contributed by atoms with Gasteiger partial charge in [-0.1, -0.05) is 29.0 Å². The Morgan fingerprint density at radius 1 is 1.21 bits per heavy atom. The van der Waals surface area contributed by atoms with E-state index in [1.807, 2.05) is 17.5 Å². The molecule has 1 N–H and O–H groups in total. The molecule has 0 bridgehead atoms. The van der Waals surface area contributed by atoms with Crippen LogP contribution in [0.3, 0.4) is 0 Å². The summed E-state index contributed by atoms with van der Waals surface area (Å²) in [6.45, 7) is 1.21. The summed E-state index contributed by atoms with van der Waals surface area (Å²) in [6.07, 6.45) is 0. The zero-order chi connectivity index (χ0) is 20.4. The lowest BCUT2D eigenvalue weighted by molar-refractivity contribution is 0.0730. The van der Waals surface area contributed by atoms with E-state index >= 15 is 0 Å². The van der Waals surface area contributed by atoms with Gasteiger partial charge >= 0.3 is 0 Å². The molecule has 1 aromatic carbocycles. The first kappa shape index (κ1) is 20.4. The zero-order valence-electron chi connectivity index (χ0n) is 14.9. The fraction of sp³-hybridized carbons (Fsp3) is 0.235. The standard InChI is InChI=1S/C17H15ClN4O4S3/c18-13-4-3-11(29(24,25)22-5-7-26-8-6-22)10-12(13)15(23)19-17-21-20-16(28-17)14-2-1-9-27-14/h1-4,9-10H,5-8H2,(H,19,21,23). The second kappa shape index (κ2) is 8.46. The lowest BCUT2D eigenvalue weighted by Gasteiger charge is -2.26. The van der Waals surface area contributed by atoms with Gasteiger partial charge < -0.3 is 4.74 Å². The van der Waals surface area contributed by atoms with Crippen LogP contribution in [0.1, 0.15) is 10.4 Å². The van der Waals surface area contributed by atoms with Gasteiger partial charge in [0.05, 0.1) is 33.6 Å². The molecule has 8 nitrogen and oxygen atoms in total. The Balaban J connectivity index is 1.56. The summed E-state index contributed by atoms with van der Waals surface area (Å²) in [4.78, 5) is 13.7. The number of morpholine rings is 1. The van der Waals surface area contributed by atoms with Crippen LogP contribution in [0.15, 0.2) is 40.6 Å². The van der Waals surface area contributed by atoms with Crippen LogP contribution in [0.25, 0.3) is 9.88 Å². The van der Waals surface area contributed by atoms with E-state index in [9.17, 15) is 13.2 Å². The van der Waals surface area contributed by atoms with E-state index in [2.05, 4.69) is 15.5 Å². The summed E-state index contributed by atoms with van der Waals surface area (Å²) < 4.78 is 32.2. The Hall–Kier alpha value is -1.89. The number of carbonyl (C=O) groups excluding carboxylic acids is 1. The van der Waals surface area contributed by atoms with E-state index in [0.717, 1.165) is 4.88 Å². The normalized spacial score (nSPS) is 15.3. The first-order valence-electron chi connectivity index (χ1n) is 8.51. The Kier molecular flexibility index (Phi) is 5.95. The molecule has 3 heterocycles. The highest BCUT2D eigenvalue weighted by Crippen LogP contribution is 2.30. The molecule has 152 valence electrons. The Labute approximate surface area is 180 Å². The average Bonchev–Trinajstić information content (AvgIpc) is 3.40. The molecule has 0 radical (unpaired) electrons. The first-order chi connectivity index (χ1) is 13.9. The number of amides is 1. The molecule has 1 amide bonds. The maximum absolute atomic E-state index is 12.8. The smallest absolute Gasteiger partial charge is 0.259 e. The average molecular weight is 471 g/mol. The molecule has 1 aliphatic rings. The van der Waals surface area contributed by atoms with Gasteiger partial charge in [0.1, 0.15) is 0 Å². The summed E-state index contributed by atoms with van der Waals surface area (Å²) in [6, 6.07) is 7.89. The van der Waals surface area contributed by atoms with Gasteiger partial charge in [0, 0.05) is 13.1 Å². The minimum Gasteiger partial charge on any atom is -0.379 e. The van der Waals surface area contributed by atoms with Gasteiger partial charge in [-0.2, -0.15) is 4.31 Å². The summed E-state index contributed by atoms with van der Waals surface area (Å²) in [5.74, 6) is -0.553. The predicted molar refractivity (Wildman–Crippen MR) is 112 cm³/mol. The molecule has 0 saturated carbocycles. The van der Waals surface area contributed by atoms with Gasteiger partial charge in [-0.3, -0.25) is 10.1 Å². The maximum atomic E-state index is 12.8. The molecule has 1 fully saturated rings. The predicted octanol–water partition coefficient (Wildman–Crippen LogP) is 3.19. The Morgan fingerprint density at radius 2 is 2.00 bits per heavy atom. The Morgan fingerprint density at radius 3 is 2.72 bits per heavy atom. The fourth-order valence-corrected chi connectivity index (χ4v) is 5.88. The third-order valence-corrected chi connectivity index (χ3v) is 8.27. The van der Waals surface area contributed by atoms with Crippen molar-refractivity contribution >= 4 is 55.3 Å². The summed E-state index contributed by atoms with van der Waals surface area (Å²) in [5.41, 5.74) is 0.0499. The van der Waals surface area contributed by atoms with Crippen LogP contribution in [-0.4, -0.2) is 55.1 Å². The highest BCUT2D eigenvalue weighted by molar-refractivity contribution is 7.89. The molecule has 0 atom stereocenters. The zero-order valence-corrected chi connectivity index (χ0v) is 18.1. The Bertz CT molecular complexity index is 1130. The molecular formula is C17H15ClN4O4S3. The number of carbonyl (C=O) groups is 1. The van der Waals surface area contributed by atoms with Crippen LogP contribution in [0.2, 0.25) is 5.02 Å². The molecule has 0 spiro atoms. The SMILES string of the molecule is O=C(Nc1nnc(-c2cccs2)s1)c1cc(S(=O)(=O)N2CCOCC2)ccc1Cl. The van der Waals surface area contributed by atoms with Crippen LogP contribution in [-0.2, 0) is 14.8 Å². The summed E-state index contributed by atoms with van der Waals surface area (Å²) in [5, 5.41) is 13.7. The second-order valence-corrected chi connectivity index (χ2v) is 10.3. The topological polar surface area (TPSA) is 101 Å². The molecule has 3 aromatic rings. The van der Waals surface area contributed by atoms with Gasteiger partial charge in [-0.05, 0) is 29.6 Å². The van der Waals surface area contributed by atoms with Crippen molar-refractivity contribution in [2.75, 3.05) is 31.6 Å². The van der Waals surface area contributed by atoms with Crippen LogP contribution < -0.4 is 5.32 Å². The first-order valence-corrected chi connectivity index (χ1v) is 12.0. The molecule has 1 aliphatic heterocycles. The van der Waals surface area contributed by atoms with Crippen molar-refractivity contribution in [1.82, 2.24) is 14.5 Å². The van der Waals surface area contributed by atoms with Crippen LogP contribution >= 0.6 is 34.3 Å². The molecule has 29 heavy (non-hydrogen) atoms. The number of sulfonamides is 1. The fourth-order valence-electron chi connectivity index (χ4n) is 2.71. The monoisotopic (exact) mass is 470 g/mol. The molecule has 2 aromatic heterocycles. The van der Waals surface area contributed by atoms with Gasteiger partial charge in [0.25, 0.3) is 5.91 Å². The molecule has 0 aliphatic carbocycles. The molecule has 1 saturated heterocycles. The minimum absolute atomic E-state index is 0.00508. The molecule has 12 heteroatoms. The number of anilines is 1. The number of rotatable bonds is 5. The van der Waals surface area contributed by atoms with Gasteiger partial charge in [0.2, 0.25) is 15.2 Å². The number of hydrogen-bond acceptors (Lipinski definition) is 8. The van der Waals surface area contributed by atoms with Crippen LogP contribution in [0.4, 0.5) is 5.13 Å². The van der Waals surface area contributed by atoms with E-state index in [1.165, 1.54) is 45.2 Å². The maximum Gasteiger partial charge on any atom is 0.259 e. The van der Waals surface area contributed by atoms with E-state index < -0.39 is 15.9 Å². The summed E-state index contributed by atoms with van der Waals surface area (Å²) in [7, 11) is -3.74. The van der Waals surface area contributed by atoms with Gasteiger partial charge in [-0.15, -0.1) is 21.5 Å². The van der Waals surface area contributed by atoms with Crippen molar-refractivity contribution < 1.29 is 17.9 Å². The molecule has 0 unspecified atom stereocenters. The van der Waals surface area contributed by atoms with E-state index in [4.69, 9.17) is 16.3 Å². The van der Waals surface area contributed by atoms with Crippen LogP contribution in [0, 0.1) is 0 Å². The van der Waals surface area contributed by atoms with Crippen molar-refractivity contribution in [2.24, 2.45) is 0 Å². The third kappa shape index (κ3) is 4.34. The van der Waals surface area contributed by atoms with Crippen molar-refractivity contribution in [3.05, 3.63) is 46.3 Å². The van der Waals surface area contributed by atoms with E-state index in [-0.39, 0.29) is 28.6 Å². The van der Waals surface area contributed by atoms with Crippen molar-refractivity contribution in [3.63, 3.8) is 0 Å². The van der Waals surface area contributed by atoms with Crippen molar-refractivity contribution in [3.8, 4) is 9.88 Å². The largest absolute Gasteiger partial charge is 0.379 e. The number of aromatic nitrogens is 2. The van der Waals surface area contributed by atoms with E-state index in [1.54, 1.807) is 0 Å². The number of hydrogen-bond donors (Lipinski definition) is 1. The number of halogens is 1. The number of ether oxygens (including phenoxy) is 1. The molecular weight excluding hydrogens is 456 g/mol. The van der Waals surface area contributed by atoms with Gasteiger partial charge in [-0.25, -0.2) is 8.42 Å². The number of thiophene rings is 1. The highest BCUT2D eigenvalue weighted by Gasteiger charge is 2.27. The minimum atomic E-state index is -3.74. The number of nitrogens with zero attached hydrogens (tertiary/aromatic N) is 3. The number of nitrogens with one attached hydrogen (secondary N) is 1. The van der Waals surface area contributed by atoms with Gasteiger partial charge in [0.15, 0.2) is 5.01 Å². The van der Waals surface area contributed by atoms with E-state index in [0.29, 0.717) is 23.4 Å².